The Morgan fingerprint density at radius 3 is 3.00 bits per heavy atom. The molecule has 1 atom stereocenters. The van der Waals surface area contributed by atoms with E-state index in [2.05, 4.69) is 10.4 Å². The zero-order valence-electron chi connectivity index (χ0n) is 13.9. The van der Waals surface area contributed by atoms with Crippen molar-refractivity contribution >= 4 is 5.91 Å². The van der Waals surface area contributed by atoms with E-state index in [4.69, 9.17) is 4.74 Å². The van der Waals surface area contributed by atoms with Crippen LogP contribution >= 0.6 is 0 Å². The van der Waals surface area contributed by atoms with Crippen molar-refractivity contribution in [2.45, 2.75) is 38.8 Å². The predicted molar refractivity (Wildman–Crippen MR) is 90.1 cm³/mol. The van der Waals surface area contributed by atoms with E-state index in [0.717, 1.165) is 41.8 Å². The number of nitrogens with zero attached hydrogens (tertiary/aromatic N) is 2. The Kier molecular flexibility index (Phi) is 4.64. The van der Waals surface area contributed by atoms with Crippen LogP contribution in [0.25, 0.3) is 0 Å². The molecule has 0 aliphatic heterocycles. The number of fused-ring (bicyclic) bond motifs is 1. The summed E-state index contributed by atoms with van der Waals surface area (Å²) in [5.74, 6) is 0.511. The molecule has 0 bridgehead atoms. The fourth-order valence-corrected chi connectivity index (χ4v) is 2.92. The number of ether oxygens (including phenoxy) is 1. The Morgan fingerprint density at radius 2 is 2.21 bits per heavy atom. The topological polar surface area (TPSA) is 73.2 Å². The maximum absolute atomic E-state index is 12.4. The van der Waals surface area contributed by atoms with Gasteiger partial charge in [-0.25, -0.2) is 4.68 Å². The molecule has 0 saturated carbocycles. The van der Waals surface area contributed by atoms with Gasteiger partial charge in [0.1, 0.15) is 11.8 Å². The summed E-state index contributed by atoms with van der Waals surface area (Å²) >= 11 is 0. The summed E-state index contributed by atoms with van der Waals surface area (Å²) < 4.78 is 6.45. The average Bonchev–Trinajstić information content (AvgIpc) is 3.05. The first-order valence-electron chi connectivity index (χ1n) is 8.10. The van der Waals surface area contributed by atoms with E-state index in [9.17, 15) is 9.59 Å². The monoisotopic (exact) mass is 327 g/mol. The largest absolute Gasteiger partial charge is 0.497 e. The minimum atomic E-state index is -0.644. The summed E-state index contributed by atoms with van der Waals surface area (Å²) in [4.78, 5) is 24.6. The fraction of sp³-hybridized carbons (Fsp3) is 0.389. The highest BCUT2D eigenvalue weighted by Crippen LogP contribution is 2.18. The van der Waals surface area contributed by atoms with Crippen molar-refractivity contribution in [3.05, 3.63) is 57.5 Å². The number of amides is 1. The number of carbonyl (C=O) groups is 1. The maximum atomic E-state index is 12.4. The van der Waals surface area contributed by atoms with Crippen LogP contribution in [0.3, 0.4) is 0 Å². The minimum absolute atomic E-state index is 0.223. The van der Waals surface area contributed by atoms with Gasteiger partial charge in [-0.2, -0.15) is 5.10 Å². The molecule has 126 valence electrons. The molecule has 0 radical (unpaired) electrons. The first-order valence-corrected chi connectivity index (χ1v) is 8.10. The summed E-state index contributed by atoms with van der Waals surface area (Å²) in [5, 5.41) is 7.23. The highest BCUT2D eigenvalue weighted by molar-refractivity contribution is 5.79. The molecule has 0 saturated heterocycles. The second kappa shape index (κ2) is 6.86. The van der Waals surface area contributed by atoms with Gasteiger partial charge in [0.15, 0.2) is 0 Å². The van der Waals surface area contributed by atoms with E-state index in [1.165, 1.54) is 4.68 Å². The lowest BCUT2D eigenvalue weighted by molar-refractivity contribution is -0.124. The van der Waals surface area contributed by atoms with Crippen molar-refractivity contribution in [2.24, 2.45) is 0 Å². The SMILES string of the molecule is COc1cccc(CNC(=O)C(C)n2nc3c(cc2=O)CCC3)c1. The summed E-state index contributed by atoms with van der Waals surface area (Å²) in [6.45, 7) is 2.07. The second-order valence-electron chi connectivity index (χ2n) is 6.00. The fourth-order valence-electron chi connectivity index (χ4n) is 2.92. The van der Waals surface area contributed by atoms with E-state index in [0.29, 0.717) is 6.54 Å². The molecule has 6 nitrogen and oxygen atoms in total. The number of aromatic nitrogens is 2. The lowest BCUT2D eigenvalue weighted by Crippen LogP contribution is -2.37. The minimum Gasteiger partial charge on any atom is -0.497 e. The Labute approximate surface area is 140 Å². The van der Waals surface area contributed by atoms with Gasteiger partial charge in [-0.1, -0.05) is 12.1 Å². The Hall–Kier alpha value is -2.63. The summed E-state index contributed by atoms with van der Waals surface area (Å²) in [6, 6.07) is 8.46. The quantitative estimate of drug-likeness (QED) is 0.906. The molecule has 3 rings (SSSR count). The number of hydrogen-bond donors (Lipinski definition) is 1. The third kappa shape index (κ3) is 3.32. The molecular formula is C18H21N3O3. The van der Waals surface area contributed by atoms with E-state index in [1.807, 2.05) is 24.3 Å². The van der Waals surface area contributed by atoms with Gasteiger partial charge in [0.05, 0.1) is 12.8 Å². The summed E-state index contributed by atoms with van der Waals surface area (Å²) in [7, 11) is 1.60. The molecule has 1 N–H and O–H groups in total. The van der Waals surface area contributed by atoms with Crippen LogP contribution in [0.15, 0.2) is 35.1 Å². The van der Waals surface area contributed by atoms with Crippen LogP contribution in [0, 0.1) is 0 Å². The molecule has 2 aromatic rings. The average molecular weight is 327 g/mol. The molecule has 0 fully saturated rings. The van der Waals surface area contributed by atoms with Crippen molar-refractivity contribution in [3.63, 3.8) is 0 Å². The van der Waals surface area contributed by atoms with E-state index in [1.54, 1.807) is 20.1 Å². The molecular weight excluding hydrogens is 306 g/mol. The molecule has 1 aromatic heterocycles. The van der Waals surface area contributed by atoms with Crippen LogP contribution in [0.4, 0.5) is 0 Å². The first-order chi connectivity index (χ1) is 11.6. The number of hydrogen-bond acceptors (Lipinski definition) is 4. The van der Waals surface area contributed by atoms with Crippen LogP contribution in [-0.4, -0.2) is 22.8 Å². The predicted octanol–water partition coefficient (Wildman–Crippen LogP) is 1.62. The van der Waals surface area contributed by atoms with Gasteiger partial charge in [-0.15, -0.1) is 0 Å². The van der Waals surface area contributed by atoms with E-state index in [-0.39, 0.29) is 11.5 Å². The summed E-state index contributed by atoms with van der Waals surface area (Å²) in [5.41, 5.74) is 2.66. The Morgan fingerprint density at radius 1 is 1.38 bits per heavy atom. The molecule has 1 aromatic carbocycles. The highest BCUT2D eigenvalue weighted by atomic mass is 16.5. The van der Waals surface area contributed by atoms with Gasteiger partial charge in [0, 0.05) is 12.6 Å². The normalized spacial score (nSPS) is 14.1. The van der Waals surface area contributed by atoms with Gasteiger partial charge >= 0.3 is 0 Å². The van der Waals surface area contributed by atoms with Gasteiger partial charge in [0.2, 0.25) is 5.91 Å². The first kappa shape index (κ1) is 16.2. The van der Waals surface area contributed by atoms with Crippen LogP contribution in [0.1, 0.15) is 36.2 Å². The van der Waals surface area contributed by atoms with Crippen LogP contribution < -0.4 is 15.6 Å². The number of rotatable bonds is 5. The standard InChI is InChI=1S/C18H21N3O3/c1-12(21-17(22)10-14-6-4-8-16(14)20-21)18(23)19-11-13-5-3-7-15(9-13)24-2/h3,5,7,9-10,12H,4,6,8,11H2,1-2H3,(H,19,23). The summed E-state index contributed by atoms with van der Waals surface area (Å²) in [6.07, 6.45) is 2.78. The molecule has 1 heterocycles. The molecule has 1 unspecified atom stereocenters. The lowest BCUT2D eigenvalue weighted by Gasteiger charge is -2.15. The molecule has 1 aliphatic rings. The van der Waals surface area contributed by atoms with Crippen molar-refractivity contribution in [3.8, 4) is 5.75 Å². The number of carbonyl (C=O) groups excluding carboxylic acids is 1. The maximum Gasteiger partial charge on any atom is 0.267 e. The second-order valence-corrected chi connectivity index (χ2v) is 6.00. The van der Waals surface area contributed by atoms with Crippen molar-refractivity contribution < 1.29 is 9.53 Å². The van der Waals surface area contributed by atoms with Crippen LogP contribution in [0.2, 0.25) is 0 Å². The number of aryl methyl sites for hydroxylation is 2. The Balaban J connectivity index is 1.70. The number of methoxy groups -OCH3 is 1. The van der Waals surface area contributed by atoms with Crippen molar-refractivity contribution in [1.82, 2.24) is 15.1 Å². The molecule has 1 amide bonds. The van der Waals surface area contributed by atoms with Crippen molar-refractivity contribution in [2.75, 3.05) is 7.11 Å². The number of benzene rings is 1. The number of nitrogens with one attached hydrogen (secondary N) is 1. The van der Waals surface area contributed by atoms with Crippen LogP contribution in [-0.2, 0) is 24.2 Å². The van der Waals surface area contributed by atoms with Crippen LogP contribution in [0.5, 0.6) is 5.75 Å². The third-order valence-electron chi connectivity index (χ3n) is 4.33. The van der Waals surface area contributed by atoms with E-state index >= 15 is 0 Å². The third-order valence-corrected chi connectivity index (χ3v) is 4.33. The van der Waals surface area contributed by atoms with Gasteiger partial charge in [0.25, 0.3) is 5.56 Å². The molecule has 6 heteroatoms. The zero-order chi connectivity index (χ0) is 17.1. The smallest absolute Gasteiger partial charge is 0.267 e. The van der Waals surface area contributed by atoms with Gasteiger partial charge < -0.3 is 10.1 Å². The lowest BCUT2D eigenvalue weighted by atomic mass is 10.2. The van der Waals surface area contributed by atoms with Gasteiger partial charge in [-0.3, -0.25) is 9.59 Å². The molecule has 1 aliphatic carbocycles. The highest BCUT2D eigenvalue weighted by Gasteiger charge is 2.21. The molecule has 24 heavy (non-hydrogen) atoms. The van der Waals surface area contributed by atoms with Crippen molar-refractivity contribution in [1.29, 1.82) is 0 Å². The zero-order valence-corrected chi connectivity index (χ0v) is 13.9. The Bertz CT molecular complexity index is 813. The molecule has 0 spiro atoms. The van der Waals surface area contributed by atoms with E-state index < -0.39 is 6.04 Å². The van der Waals surface area contributed by atoms with Gasteiger partial charge in [-0.05, 0) is 49.4 Å².